The van der Waals surface area contributed by atoms with Crippen molar-refractivity contribution in [1.82, 2.24) is 0 Å². The SMILES string of the molecule is COC(=O)[C@@H]1C[C@@H]2CC(=O)C[C@@]23C(=O)OC[C@@H]13. The Kier molecular flexibility index (Phi) is 2.09. The third-order valence-electron chi connectivity index (χ3n) is 4.66. The minimum absolute atomic E-state index is 0.0286. The highest BCUT2D eigenvalue weighted by atomic mass is 16.5. The largest absolute Gasteiger partial charge is 0.469 e. The Labute approximate surface area is 98.4 Å². The van der Waals surface area contributed by atoms with Gasteiger partial charge in [-0.15, -0.1) is 0 Å². The summed E-state index contributed by atoms with van der Waals surface area (Å²) in [5, 5.41) is 0. The van der Waals surface area contributed by atoms with Crippen molar-refractivity contribution in [3.8, 4) is 0 Å². The number of carbonyl (C=O) groups excluding carboxylic acids is 3. The number of ketones is 1. The first-order valence-corrected chi connectivity index (χ1v) is 5.86. The van der Waals surface area contributed by atoms with Gasteiger partial charge in [-0.25, -0.2) is 0 Å². The van der Waals surface area contributed by atoms with E-state index in [0.29, 0.717) is 12.8 Å². The number of hydrogen-bond acceptors (Lipinski definition) is 5. The van der Waals surface area contributed by atoms with Gasteiger partial charge in [-0.1, -0.05) is 0 Å². The fourth-order valence-electron chi connectivity index (χ4n) is 3.92. The molecule has 0 unspecified atom stereocenters. The van der Waals surface area contributed by atoms with Gasteiger partial charge < -0.3 is 9.47 Å². The molecule has 1 spiro atoms. The van der Waals surface area contributed by atoms with Crippen molar-refractivity contribution in [3.05, 3.63) is 0 Å². The third kappa shape index (κ3) is 1.17. The lowest BCUT2D eigenvalue weighted by Gasteiger charge is -2.23. The van der Waals surface area contributed by atoms with Crippen LogP contribution in [0.3, 0.4) is 0 Å². The normalized spacial score (nSPS) is 43.2. The number of rotatable bonds is 1. The van der Waals surface area contributed by atoms with Crippen LogP contribution in [0.1, 0.15) is 19.3 Å². The van der Waals surface area contributed by atoms with E-state index in [1.807, 2.05) is 0 Å². The third-order valence-corrected chi connectivity index (χ3v) is 4.66. The molecule has 0 radical (unpaired) electrons. The molecule has 4 atom stereocenters. The summed E-state index contributed by atoms with van der Waals surface area (Å²) in [6.45, 7) is 0.252. The lowest BCUT2D eigenvalue weighted by atomic mass is 9.74. The van der Waals surface area contributed by atoms with E-state index in [1.165, 1.54) is 7.11 Å². The van der Waals surface area contributed by atoms with Crippen molar-refractivity contribution in [2.75, 3.05) is 13.7 Å². The van der Waals surface area contributed by atoms with E-state index in [1.54, 1.807) is 0 Å². The molecule has 0 aromatic heterocycles. The van der Waals surface area contributed by atoms with Gasteiger partial charge in [0.05, 0.1) is 25.0 Å². The molecule has 0 aromatic rings. The molecular weight excluding hydrogens is 224 g/mol. The van der Waals surface area contributed by atoms with Crippen molar-refractivity contribution in [2.24, 2.45) is 23.2 Å². The van der Waals surface area contributed by atoms with Crippen LogP contribution in [0.15, 0.2) is 0 Å². The summed E-state index contributed by atoms with van der Waals surface area (Å²) in [7, 11) is 1.35. The minimum atomic E-state index is -0.712. The second kappa shape index (κ2) is 3.31. The number of cyclic esters (lactones) is 1. The average molecular weight is 238 g/mol. The lowest BCUT2D eigenvalue weighted by Crippen LogP contribution is -2.34. The van der Waals surface area contributed by atoms with E-state index in [0.717, 1.165) is 0 Å². The van der Waals surface area contributed by atoms with Gasteiger partial charge in [0.2, 0.25) is 0 Å². The highest BCUT2D eigenvalue weighted by Crippen LogP contribution is 2.62. The van der Waals surface area contributed by atoms with Gasteiger partial charge in [-0.3, -0.25) is 14.4 Å². The maximum Gasteiger partial charge on any atom is 0.313 e. The van der Waals surface area contributed by atoms with Crippen LogP contribution in [0, 0.1) is 23.2 Å². The van der Waals surface area contributed by atoms with Crippen molar-refractivity contribution in [1.29, 1.82) is 0 Å². The van der Waals surface area contributed by atoms with Crippen LogP contribution in [0.25, 0.3) is 0 Å². The predicted octanol–water partition coefficient (Wildman–Crippen LogP) is 0.318. The molecule has 1 saturated heterocycles. The van der Waals surface area contributed by atoms with Gasteiger partial charge in [0.15, 0.2) is 0 Å². The summed E-state index contributed by atoms with van der Waals surface area (Å²) in [5.41, 5.74) is -0.712. The van der Waals surface area contributed by atoms with Crippen LogP contribution in [0.4, 0.5) is 0 Å². The summed E-state index contributed by atoms with van der Waals surface area (Å²) < 4.78 is 9.87. The van der Waals surface area contributed by atoms with Crippen molar-refractivity contribution >= 4 is 17.7 Å². The van der Waals surface area contributed by atoms with Crippen LogP contribution in [0.5, 0.6) is 0 Å². The van der Waals surface area contributed by atoms with Gasteiger partial charge in [-0.2, -0.15) is 0 Å². The summed E-state index contributed by atoms with van der Waals surface area (Å²) >= 11 is 0. The number of carbonyl (C=O) groups is 3. The molecule has 3 fully saturated rings. The molecule has 2 saturated carbocycles. The Hall–Kier alpha value is -1.39. The van der Waals surface area contributed by atoms with Crippen LogP contribution in [-0.2, 0) is 23.9 Å². The maximum atomic E-state index is 11.9. The first-order valence-electron chi connectivity index (χ1n) is 5.86. The van der Waals surface area contributed by atoms with Gasteiger partial charge in [0.1, 0.15) is 5.78 Å². The Morgan fingerprint density at radius 3 is 2.94 bits per heavy atom. The first-order chi connectivity index (χ1) is 8.09. The summed E-state index contributed by atoms with van der Waals surface area (Å²) in [5.74, 6) is -0.941. The van der Waals surface area contributed by atoms with E-state index in [-0.39, 0.29) is 48.5 Å². The molecule has 0 N–H and O–H groups in total. The molecule has 5 heteroatoms. The van der Waals surface area contributed by atoms with E-state index in [9.17, 15) is 14.4 Å². The Balaban J connectivity index is 1.99. The van der Waals surface area contributed by atoms with Crippen molar-refractivity contribution in [3.63, 3.8) is 0 Å². The standard InChI is InChI=1S/C12H14O5/c1-16-10(14)8-3-6-2-7(13)4-12(6)9(8)5-17-11(12)15/h6,8-9H,2-5H2,1H3/t6-,8+,9-,12+/m0/s1. The molecule has 92 valence electrons. The Bertz CT molecular complexity index is 415. The topological polar surface area (TPSA) is 69.7 Å². The van der Waals surface area contributed by atoms with Gasteiger partial charge >= 0.3 is 11.9 Å². The Morgan fingerprint density at radius 1 is 1.47 bits per heavy atom. The van der Waals surface area contributed by atoms with Crippen molar-refractivity contribution in [2.45, 2.75) is 19.3 Å². The second-order valence-corrected chi connectivity index (χ2v) is 5.23. The van der Waals surface area contributed by atoms with Gasteiger partial charge in [0, 0.05) is 18.8 Å². The molecule has 3 rings (SSSR count). The van der Waals surface area contributed by atoms with E-state index in [2.05, 4.69) is 0 Å². The zero-order chi connectivity index (χ0) is 12.2. The first kappa shape index (κ1) is 10.7. The predicted molar refractivity (Wildman–Crippen MR) is 54.7 cm³/mol. The Morgan fingerprint density at radius 2 is 2.24 bits per heavy atom. The highest BCUT2D eigenvalue weighted by Gasteiger charge is 2.69. The fourth-order valence-corrected chi connectivity index (χ4v) is 3.92. The number of Topliss-reactive ketones (excluding diaryl/α,β-unsaturated/α-hetero) is 1. The van der Waals surface area contributed by atoms with Crippen LogP contribution in [0.2, 0.25) is 0 Å². The fraction of sp³-hybridized carbons (Fsp3) is 0.750. The van der Waals surface area contributed by atoms with E-state index >= 15 is 0 Å². The molecule has 5 nitrogen and oxygen atoms in total. The zero-order valence-corrected chi connectivity index (χ0v) is 9.60. The van der Waals surface area contributed by atoms with Crippen LogP contribution >= 0.6 is 0 Å². The van der Waals surface area contributed by atoms with Gasteiger partial charge in [-0.05, 0) is 12.3 Å². The average Bonchev–Trinajstić information content (AvgIpc) is 2.87. The number of ether oxygens (including phenoxy) is 2. The smallest absolute Gasteiger partial charge is 0.313 e. The van der Waals surface area contributed by atoms with Crippen LogP contribution < -0.4 is 0 Å². The number of methoxy groups -OCH3 is 1. The van der Waals surface area contributed by atoms with E-state index < -0.39 is 5.41 Å². The molecular formula is C12H14O5. The van der Waals surface area contributed by atoms with Crippen molar-refractivity contribution < 1.29 is 23.9 Å². The monoisotopic (exact) mass is 238 g/mol. The quantitative estimate of drug-likeness (QED) is 0.615. The molecule has 0 aromatic carbocycles. The lowest BCUT2D eigenvalue weighted by molar-refractivity contribution is -0.148. The summed E-state index contributed by atoms with van der Waals surface area (Å²) in [6, 6.07) is 0. The maximum absolute atomic E-state index is 11.9. The molecule has 17 heavy (non-hydrogen) atoms. The number of esters is 2. The summed E-state index contributed by atoms with van der Waals surface area (Å²) in [4.78, 5) is 35.2. The number of hydrogen-bond donors (Lipinski definition) is 0. The zero-order valence-electron chi connectivity index (χ0n) is 9.60. The molecule has 1 aliphatic heterocycles. The molecule has 1 heterocycles. The van der Waals surface area contributed by atoms with Gasteiger partial charge in [0.25, 0.3) is 0 Å². The van der Waals surface area contributed by atoms with Crippen LogP contribution in [-0.4, -0.2) is 31.4 Å². The second-order valence-electron chi connectivity index (χ2n) is 5.23. The summed E-state index contributed by atoms with van der Waals surface area (Å²) in [6.07, 6.45) is 1.23. The molecule has 3 aliphatic rings. The highest BCUT2D eigenvalue weighted by molar-refractivity contribution is 5.94. The molecule has 0 bridgehead atoms. The van der Waals surface area contributed by atoms with E-state index in [4.69, 9.17) is 9.47 Å². The molecule has 0 amide bonds. The minimum Gasteiger partial charge on any atom is -0.469 e. The molecule has 2 aliphatic carbocycles.